The maximum absolute atomic E-state index is 11.5. The van der Waals surface area contributed by atoms with Gasteiger partial charge in [-0.15, -0.1) is 12.3 Å². The van der Waals surface area contributed by atoms with Crippen molar-refractivity contribution in [1.82, 2.24) is 5.32 Å². The van der Waals surface area contributed by atoms with E-state index in [0.717, 1.165) is 6.42 Å². The summed E-state index contributed by atoms with van der Waals surface area (Å²) in [7, 11) is 0. The third-order valence-corrected chi connectivity index (χ3v) is 2.33. The van der Waals surface area contributed by atoms with Gasteiger partial charge >= 0.3 is 0 Å². The number of hydrogen-bond donors (Lipinski definition) is 2. The molecule has 0 bridgehead atoms. The average molecular weight is 182 g/mol. The minimum atomic E-state index is -0.450. The number of nitrogens with two attached hydrogens (primary N) is 1. The molecular formula is C10H18N2O. The molecule has 0 aliphatic heterocycles. The molecule has 0 saturated heterocycles. The molecule has 0 aliphatic carbocycles. The van der Waals surface area contributed by atoms with Crippen molar-refractivity contribution >= 4 is 5.91 Å². The van der Waals surface area contributed by atoms with Gasteiger partial charge in [-0.2, -0.15) is 0 Å². The Kier molecular flexibility index (Phi) is 5.17. The zero-order chi connectivity index (χ0) is 10.3. The number of carbonyl (C=O) groups is 1. The third kappa shape index (κ3) is 3.47. The van der Waals surface area contributed by atoms with E-state index in [2.05, 4.69) is 11.2 Å². The van der Waals surface area contributed by atoms with Crippen molar-refractivity contribution in [3.8, 4) is 12.3 Å². The lowest BCUT2D eigenvalue weighted by Crippen LogP contribution is -2.43. The number of terminal acetylenes is 1. The Labute approximate surface area is 80.1 Å². The summed E-state index contributed by atoms with van der Waals surface area (Å²) in [6.07, 6.45) is 6.37. The van der Waals surface area contributed by atoms with Crippen LogP contribution < -0.4 is 11.1 Å². The SMILES string of the molecule is C#CCCNC(=O)C(C)(CC)CN. The van der Waals surface area contributed by atoms with Gasteiger partial charge in [-0.3, -0.25) is 4.79 Å². The number of amides is 1. The van der Waals surface area contributed by atoms with Crippen molar-refractivity contribution in [2.24, 2.45) is 11.1 Å². The van der Waals surface area contributed by atoms with Gasteiger partial charge < -0.3 is 11.1 Å². The van der Waals surface area contributed by atoms with Crippen molar-refractivity contribution in [1.29, 1.82) is 0 Å². The summed E-state index contributed by atoms with van der Waals surface area (Å²) >= 11 is 0. The van der Waals surface area contributed by atoms with Crippen LogP contribution in [0, 0.1) is 17.8 Å². The smallest absolute Gasteiger partial charge is 0.227 e. The summed E-state index contributed by atoms with van der Waals surface area (Å²) in [6, 6.07) is 0. The van der Waals surface area contributed by atoms with E-state index in [1.807, 2.05) is 13.8 Å². The number of nitrogens with one attached hydrogen (secondary N) is 1. The molecule has 0 aromatic carbocycles. The molecule has 0 saturated carbocycles. The highest BCUT2D eigenvalue weighted by atomic mass is 16.2. The van der Waals surface area contributed by atoms with E-state index >= 15 is 0 Å². The van der Waals surface area contributed by atoms with Crippen LogP contribution in [0.2, 0.25) is 0 Å². The first-order valence-electron chi connectivity index (χ1n) is 4.52. The molecule has 0 radical (unpaired) electrons. The molecule has 0 rings (SSSR count). The lowest BCUT2D eigenvalue weighted by molar-refractivity contribution is -0.129. The molecule has 13 heavy (non-hydrogen) atoms. The highest BCUT2D eigenvalue weighted by Crippen LogP contribution is 2.18. The highest BCUT2D eigenvalue weighted by Gasteiger charge is 2.28. The lowest BCUT2D eigenvalue weighted by atomic mass is 9.87. The van der Waals surface area contributed by atoms with E-state index < -0.39 is 5.41 Å². The molecule has 3 heteroatoms. The second-order valence-electron chi connectivity index (χ2n) is 3.33. The Morgan fingerprint density at radius 1 is 1.69 bits per heavy atom. The van der Waals surface area contributed by atoms with Crippen LogP contribution in [0.3, 0.4) is 0 Å². The molecule has 3 N–H and O–H groups in total. The molecular weight excluding hydrogens is 164 g/mol. The first-order chi connectivity index (χ1) is 6.10. The summed E-state index contributed by atoms with van der Waals surface area (Å²) < 4.78 is 0. The summed E-state index contributed by atoms with van der Waals surface area (Å²) in [5.74, 6) is 2.46. The standard InChI is InChI=1S/C10H18N2O/c1-4-6-7-12-9(13)10(3,5-2)8-11/h1H,5-8,11H2,2-3H3,(H,12,13). The van der Waals surface area contributed by atoms with Crippen LogP contribution in [-0.2, 0) is 4.79 Å². The molecule has 1 atom stereocenters. The van der Waals surface area contributed by atoms with Crippen molar-refractivity contribution in [2.45, 2.75) is 26.7 Å². The number of rotatable bonds is 5. The zero-order valence-electron chi connectivity index (χ0n) is 8.39. The van der Waals surface area contributed by atoms with Crippen molar-refractivity contribution in [3.63, 3.8) is 0 Å². The molecule has 0 aromatic rings. The van der Waals surface area contributed by atoms with Gasteiger partial charge in [0, 0.05) is 19.5 Å². The van der Waals surface area contributed by atoms with E-state index in [-0.39, 0.29) is 5.91 Å². The van der Waals surface area contributed by atoms with Crippen LogP contribution in [0.5, 0.6) is 0 Å². The lowest BCUT2D eigenvalue weighted by Gasteiger charge is -2.24. The topological polar surface area (TPSA) is 55.1 Å². The number of hydrogen-bond acceptors (Lipinski definition) is 2. The molecule has 0 heterocycles. The Morgan fingerprint density at radius 3 is 2.69 bits per heavy atom. The Balaban J connectivity index is 4.01. The van der Waals surface area contributed by atoms with Crippen molar-refractivity contribution in [2.75, 3.05) is 13.1 Å². The minimum absolute atomic E-state index is 0.00671. The first kappa shape index (κ1) is 12.0. The average Bonchev–Trinajstić information content (AvgIpc) is 2.17. The normalized spacial score (nSPS) is 14.3. The summed E-state index contributed by atoms with van der Waals surface area (Å²) in [5, 5.41) is 2.76. The quantitative estimate of drug-likeness (QED) is 0.480. The first-order valence-corrected chi connectivity index (χ1v) is 4.52. The fourth-order valence-corrected chi connectivity index (χ4v) is 0.859. The maximum Gasteiger partial charge on any atom is 0.227 e. The van der Waals surface area contributed by atoms with Gasteiger partial charge in [-0.1, -0.05) is 6.92 Å². The fraction of sp³-hybridized carbons (Fsp3) is 0.700. The third-order valence-electron chi connectivity index (χ3n) is 2.33. The van der Waals surface area contributed by atoms with Crippen LogP contribution in [-0.4, -0.2) is 19.0 Å². The molecule has 1 unspecified atom stereocenters. The summed E-state index contributed by atoms with van der Waals surface area (Å²) in [4.78, 5) is 11.5. The van der Waals surface area contributed by atoms with Gasteiger partial charge in [0.1, 0.15) is 0 Å². The number of carbonyl (C=O) groups excluding carboxylic acids is 1. The van der Waals surface area contributed by atoms with Gasteiger partial charge in [0.25, 0.3) is 0 Å². The van der Waals surface area contributed by atoms with Crippen LogP contribution in [0.4, 0.5) is 0 Å². The van der Waals surface area contributed by atoms with Gasteiger partial charge in [0.05, 0.1) is 5.41 Å². The molecule has 0 aliphatic rings. The fourth-order valence-electron chi connectivity index (χ4n) is 0.859. The predicted octanol–water partition coefficient (Wildman–Crippen LogP) is 0.501. The second-order valence-corrected chi connectivity index (χ2v) is 3.33. The van der Waals surface area contributed by atoms with Gasteiger partial charge in [-0.05, 0) is 13.3 Å². The zero-order valence-corrected chi connectivity index (χ0v) is 8.39. The van der Waals surface area contributed by atoms with Crippen LogP contribution >= 0.6 is 0 Å². The van der Waals surface area contributed by atoms with Crippen LogP contribution in [0.25, 0.3) is 0 Å². The van der Waals surface area contributed by atoms with Crippen LogP contribution in [0.15, 0.2) is 0 Å². The Bertz CT molecular complexity index is 201. The Hall–Kier alpha value is -1.01. The molecule has 0 spiro atoms. The van der Waals surface area contributed by atoms with E-state index in [1.165, 1.54) is 0 Å². The Morgan fingerprint density at radius 2 is 2.31 bits per heavy atom. The highest BCUT2D eigenvalue weighted by molar-refractivity contribution is 5.82. The van der Waals surface area contributed by atoms with E-state index in [1.54, 1.807) is 0 Å². The molecule has 3 nitrogen and oxygen atoms in total. The van der Waals surface area contributed by atoms with E-state index in [4.69, 9.17) is 12.2 Å². The molecule has 1 amide bonds. The van der Waals surface area contributed by atoms with Gasteiger partial charge in [0.15, 0.2) is 0 Å². The largest absolute Gasteiger partial charge is 0.355 e. The van der Waals surface area contributed by atoms with Gasteiger partial charge in [-0.25, -0.2) is 0 Å². The van der Waals surface area contributed by atoms with Crippen LogP contribution in [0.1, 0.15) is 26.7 Å². The molecule has 0 fully saturated rings. The predicted molar refractivity (Wildman–Crippen MR) is 53.9 cm³/mol. The monoisotopic (exact) mass is 182 g/mol. The van der Waals surface area contributed by atoms with E-state index in [9.17, 15) is 4.79 Å². The molecule has 0 aromatic heterocycles. The van der Waals surface area contributed by atoms with E-state index in [0.29, 0.717) is 19.5 Å². The second kappa shape index (κ2) is 5.60. The molecule has 74 valence electrons. The minimum Gasteiger partial charge on any atom is -0.355 e. The van der Waals surface area contributed by atoms with Crippen molar-refractivity contribution in [3.05, 3.63) is 0 Å². The maximum atomic E-state index is 11.5. The summed E-state index contributed by atoms with van der Waals surface area (Å²) in [6.45, 7) is 4.71. The summed E-state index contributed by atoms with van der Waals surface area (Å²) in [5.41, 5.74) is 5.07. The van der Waals surface area contributed by atoms with Crippen molar-refractivity contribution < 1.29 is 4.79 Å². The van der Waals surface area contributed by atoms with Gasteiger partial charge in [0.2, 0.25) is 5.91 Å².